The Hall–Kier alpha value is -2.62. The van der Waals surface area contributed by atoms with Gasteiger partial charge in [0.25, 0.3) is 0 Å². The van der Waals surface area contributed by atoms with Crippen molar-refractivity contribution in [2.75, 3.05) is 13.1 Å². The number of fused-ring (bicyclic) bond motifs is 1. The molecule has 0 bridgehead atoms. The van der Waals surface area contributed by atoms with E-state index < -0.39 is 0 Å². The van der Waals surface area contributed by atoms with Crippen molar-refractivity contribution >= 4 is 12.3 Å². The monoisotopic (exact) mass is 410 g/mol. The summed E-state index contributed by atoms with van der Waals surface area (Å²) < 4.78 is 0. The number of carbonyl (C=O) groups is 2. The molecule has 1 aliphatic carbocycles. The number of amides is 2. The molecular formula is C26H38N2O2. The summed E-state index contributed by atoms with van der Waals surface area (Å²) in [6.07, 6.45) is 7.92. The van der Waals surface area contributed by atoms with Crippen LogP contribution in [0.5, 0.6) is 0 Å². The fourth-order valence-corrected chi connectivity index (χ4v) is 3.31. The highest BCUT2D eigenvalue weighted by Gasteiger charge is 2.29. The second-order valence-corrected chi connectivity index (χ2v) is 7.65. The molecule has 2 aliphatic rings. The predicted octanol–water partition coefficient (Wildman–Crippen LogP) is 5.21. The van der Waals surface area contributed by atoms with E-state index in [9.17, 15) is 9.59 Å². The van der Waals surface area contributed by atoms with Gasteiger partial charge in [0.15, 0.2) is 0 Å². The molecule has 2 amide bonds. The predicted molar refractivity (Wildman–Crippen MR) is 126 cm³/mol. The molecular weight excluding hydrogens is 372 g/mol. The lowest BCUT2D eigenvalue weighted by Gasteiger charge is -2.28. The molecule has 0 aromatic heterocycles. The molecule has 0 radical (unpaired) electrons. The zero-order valence-corrected chi connectivity index (χ0v) is 19.3. The molecule has 0 atom stereocenters. The van der Waals surface area contributed by atoms with Crippen molar-refractivity contribution in [3.63, 3.8) is 0 Å². The summed E-state index contributed by atoms with van der Waals surface area (Å²) in [7, 11) is 0. The van der Waals surface area contributed by atoms with Crippen molar-refractivity contribution in [3.8, 4) is 0 Å². The van der Waals surface area contributed by atoms with Gasteiger partial charge in [-0.2, -0.15) is 0 Å². The van der Waals surface area contributed by atoms with Crippen LogP contribution in [0.4, 0.5) is 0 Å². The molecule has 30 heavy (non-hydrogen) atoms. The summed E-state index contributed by atoms with van der Waals surface area (Å²) in [5, 5.41) is 2.63. The fourth-order valence-electron chi connectivity index (χ4n) is 3.31. The van der Waals surface area contributed by atoms with Crippen LogP contribution in [0.15, 0.2) is 59.7 Å². The van der Waals surface area contributed by atoms with Gasteiger partial charge in [-0.05, 0) is 61.8 Å². The van der Waals surface area contributed by atoms with Crippen molar-refractivity contribution in [2.24, 2.45) is 5.92 Å². The zero-order valence-electron chi connectivity index (χ0n) is 19.3. The molecule has 0 spiro atoms. The largest absolute Gasteiger partial charge is 0.355 e. The number of hydrogen-bond acceptors (Lipinski definition) is 2. The van der Waals surface area contributed by atoms with E-state index in [0.29, 0.717) is 25.3 Å². The minimum absolute atomic E-state index is 0.306. The van der Waals surface area contributed by atoms with E-state index in [2.05, 4.69) is 30.1 Å². The van der Waals surface area contributed by atoms with Crippen molar-refractivity contribution in [1.29, 1.82) is 0 Å². The number of allylic oxidation sites excluding steroid dienone is 3. The van der Waals surface area contributed by atoms with E-state index >= 15 is 0 Å². The van der Waals surface area contributed by atoms with Gasteiger partial charge in [0.2, 0.25) is 12.3 Å². The summed E-state index contributed by atoms with van der Waals surface area (Å²) >= 11 is 0. The van der Waals surface area contributed by atoms with Gasteiger partial charge in [-0.25, -0.2) is 0 Å². The minimum atomic E-state index is 0.306. The lowest BCUT2D eigenvalue weighted by Crippen LogP contribution is -2.37. The van der Waals surface area contributed by atoms with Crippen molar-refractivity contribution < 1.29 is 9.59 Å². The molecule has 1 fully saturated rings. The van der Waals surface area contributed by atoms with Gasteiger partial charge in [-0.3, -0.25) is 9.59 Å². The first-order valence-electron chi connectivity index (χ1n) is 11.0. The molecule has 1 aliphatic heterocycles. The number of hydrogen-bond donors (Lipinski definition) is 1. The Morgan fingerprint density at radius 3 is 2.37 bits per heavy atom. The summed E-state index contributed by atoms with van der Waals surface area (Å²) in [5.74, 6) is 1.10. The number of nitrogens with one attached hydrogen (secondary N) is 1. The summed E-state index contributed by atoms with van der Waals surface area (Å²) in [5.41, 5.74) is 5.83. The van der Waals surface area contributed by atoms with Gasteiger partial charge in [-0.15, -0.1) is 0 Å². The van der Waals surface area contributed by atoms with Crippen LogP contribution in [0, 0.1) is 5.92 Å². The smallest absolute Gasteiger partial charge is 0.227 e. The van der Waals surface area contributed by atoms with Crippen molar-refractivity contribution in [3.05, 3.63) is 70.8 Å². The highest BCUT2D eigenvalue weighted by molar-refractivity contribution is 5.80. The summed E-state index contributed by atoms with van der Waals surface area (Å²) in [6, 6.07) is 8.29. The molecule has 1 saturated carbocycles. The Kier molecular flexibility index (Phi) is 11.5. The van der Waals surface area contributed by atoms with E-state index in [1.807, 2.05) is 57.7 Å². The van der Waals surface area contributed by atoms with Crippen LogP contribution in [0.1, 0.15) is 58.6 Å². The van der Waals surface area contributed by atoms with E-state index in [1.54, 1.807) is 0 Å². The molecule has 1 aromatic carbocycles. The van der Waals surface area contributed by atoms with Gasteiger partial charge < -0.3 is 10.2 Å². The van der Waals surface area contributed by atoms with Crippen LogP contribution in [0.25, 0.3) is 0 Å². The summed E-state index contributed by atoms with van der Waals surface area (Å²) in [4.78, 5) is 24.0. The van der Waals surface area contributed by atoms with E-state index in [1.165, 1.54) is 24.0 Å². The first kappa shape index (κ1) is 25.4. The average Bonchev–Trinajstić information content (AvgIpc) is 3.55. The normalized spacial score (nSPS) is 15.8. The van der Waals surface area contributed by atoms with Crippen LogP contribution in [-0.2, 0) is 22.6 Å². The van der Waals surface area contributed by atoms with Crippen molar-refractivity contribution in [1.82, 2.24) is 10.2 Å². The zero-order chi connectivity index (χ0) is 22.5. The maximum atomic E-state index is 11.8. The second kappa shape index (κ2) is 13.6. The Morgan fingerprint density at radius 2 is 1.83 bits per heavy atom. The molecule has 1 aromatic rings. The molecule has 0 saturated heterocycles. The highest BCUT2D eigenvalue weighted by atomic mass is 16.2. The molecule has 4 nitrogen and oxygen atoms in total. The number of nitrogens with zero attached hydrogens (tertiary/aromatic N) is 1. The lowest BCUT2D eigenvalue weighted by atomic mass is 9.99. The van der Waals surface area contributed by atoms with Gasteiger partial charge in [0, 0.05) is 19.6 Å². The lowest BCUT2D eigenvalue weighted by molar-refractivity contribution is -0.132. The first-order valence-corrected chi connectivity index (χ1v) is 11.0. The van der Waals surface area contributed by atoms with E-state index in [-0.39, 0.29) is 0 Å². The number of carbonyl (C=O) groups excluding carboxylic acids is 2. The fraction of sp³-hybridized carbons (Fsp3) is 0.462. The molecule has 164 valence electrons. The van der Waals surface area contributed by atoms with Crippen LogP contribution >= 0.6 is 0 Å². The van der Waals surface area contributed by atoms with Gasteiger partial charge in [0.1, 0.15) is 0 Å². The third kappa shape index (κ3) is 8.81. The Labute approximate surface area is 182 Å². The van der Waals surface area contributed by atoms with E-state index in [4.69, 9.17) is 0 Å². The molecule has 1 heterocycles. The Bertz CT molecular complexity index is 773. The molecule has 3 rings (SSSR count). The van der Waals surface area contributed by atoms with E-state index in [0.717, 1.165) is 35.7 Å². The molecule has 4 heteroatoms. The highest BCUT2D eigenvalue weighted by Crippen LogP contribution is 2.31. The maximum Gasteiger partial charge on any atom is 0.227 e. The third-order valence-corrected chi connectivity index (χ3v) is 5.04. The number of benzene rings is 1. The quantitative estimate of drug-likeness (QED) is 0.496. The second-order valence-electron chi connectivity index (χ2n) is 7.65. The SMILES string of the molecule is C=C(C)/C=C(C)\C(=C/C)CNC=O.CC.O=C1Cc2ccccc2CN1CC1CC1. The van der Waals surface area contributed by atoms with Gasteiger partial charge >= 0.3 is 0 Å². The molecule has 1 N–H and O–H groups in total. The minimum Gasteiger partial charge on any atom is -0.355 e. The Balaban J connectivity index is 0.000000281. The first-order chi connectivity index (χ1) is 14.4. The maximum absolute atomic E-state index is 11.8. The average molecular weight is 411 g/mol. The third-order valence-electron chi connectivity index (χ3n) is 5.04. The van der Waals surface area contributed by atoms with Crippen LogP contribution in [0.2, 0.25) is 0 Å². The van der Waals surface area contributed by atoms with Crippen LogP contribution < -0.4 is 5.32 Å². The number of rotatable bonds is 7. The van der Waals surface area contributed by atoms with Crippen LogP contribution in [-0.4, -0.2) is 30.3 Å². The summed E-state index contributed by atoms with van der Waals surface area (Å²) in [6.45, 7) is 16.1. The topological polar surface area (TPSA) is 49.4 Å². The Morgan fingerprint density at radius 1 is 1.20 bits per heavy atom. The molecule has 0 unspecified atom stereocenters. The van der Waals surface area contributed by atoms with Crippen molar-refractivity contribution in [2.45, 2.75) is 60.4 Å². The van der Waals surface area contributed by atoms with Crippen LogP contribution in [0.3, 0.4) is 0 Å². The van der Waals surface area contributed by atoms with Gasteiger partial charge in [-0.1, -0.05) is 62.4 Å². The van der Waals surface area contributed by atoms with Gasteiger partial charge in [0.05, 0.1) is 6.42 Å². The standard InChI is InChI=1S/C13H15NO.C11H17NO.C2H6/c15-13-7-11-3-1-2-4-12(11)9-14(13)8-10-5-6-10;1-5-11(7-12-8-13)10(4)6-9(2)3;1-2/h1-4,10H,5-9H2;5-6,8H,2,7H2,1,3-4H3,(H,12,13);1-2H3/b;10-6-,11-5-;.